The first-order valence-electron chi connectivity index (χ1n) is 9.01. The fourth-order valence-electron chi connectivity index (χ4n) is 2.80. The fourth-order valence-corrected chi connectivity index (χ4v) is 3.26. The van der Waals surface area contributed by atoms with E-state index in [9.17, 15) is 19.2 Å². The first kappa shape index (κ1) is 22.9. The maximum Gasteiger partial charge on any atom is 0.311 e. The Kier molecular flexibility index (Phi) is 7.37. The number of esters is 1. The van der Waals surface area contributed by atoms with Gasteiger partial charge in [-0.3, -0.25) is 29.6 Å². The van der Waals surface area contributed by atoms with Gasteiger partial charge in [0.15, 0.2) is 6.61 Å². The SMILES string of the molecule is O=C(COC(=O)[C@H]1CC(=O)N(NC(=O)c2ccc(Cl)cc2)C1)Nc1cc(Cl)ccc1Cl. The van der Waals surface area contributed by atoms with Crippen LogP contribution < -0.4 is 10.7 Å². The molecule has 0 bridgehead atoms. The molecule has 162 valence electrons. The average molecular weight is 485 g/mol. The normalized spacial score (nSPS) is 15.5. The van der Waals surface area contributed by atoms with Crippen LogP contribution in [0.5, 0.6) is 0 Å². The monoisotopic (exact) mass is 483 g/mol. The Morgan fingerprint density at radius 2 is 1.71 bits per heavy atom. The Labute approximate surface area is 192 Å². The van der Waals surface area contributed by atoms with Gasteiger partial charge in [0, 0.05) is 22.0 Å². The second kappa shape index (κ2) is 10.00. The highest BCUT2D eigenvalue weighted by atomic mass is 35.5. The highest BCUT2D eigenvalue weighted by Crippen LogP contribution is 2.25. The Morgan fingerprint density at radius 3 is 2.42 bits per heavy atom. The van der Waals surface area contributed by atoms with E-state index >= 15 is 0 Å². The van der Waals surface area contributed by atoms with Crippen LogP contribution in [0.25, 0.3) is 0 Å². The van der Waals surface area contributed by atoms with E-state index in [-0.39, 0.29) is 23.7 Å². The van der Waals surface area contributed by atoms with Gasteiger partial charge in [0.05, 0.1) is 23.2 Å². The molecule has 0 unspecified atom stereocenters. The summed E-state index contributed by atoms with van der Waals surface area (Å²) >= 11 is 17.6. The van der Waals surface area contributed by atoms with Crippen LogP contribution in [0, 0.1) is 5.92 Å². The predicted molar refractivity (Wildman–Crippen MR) is 115 cm³/mol. The van der Waals surface area contributed by atoms with Crippen LogP contribution in [-0.4, -0.2) is 41.9 Å². The van der Waals surface area contributed by atoms with E-state index in [0.717, 1.165) is 5.01 Å². The summed E-state index contributed by atoms with van der Waals surface area (Å²) in [6.45, 7) is -0.637. The molecule has 2 aromatic carbocycles. The number of nitrogens with zero attached hydrogens (tertiary/aromatic N) is 1. The van der Waals surface area contributed by atoms with Crippen molar-refractivity contribution < 1.29 is 23.9 Å². The summed E-state index contributed by atoms with van der Waals surface area (Å²) in [6, 6.07) is 10.6. The van der Waals surface area contributed by atoms with Gasteiger partial charge in [-0.15, -0.1) is 0 Å². The molecule has 3 rings (SSSR count). The van der Waals surface area contributed by atoms with Crippen molar-refractivity contribution in [2.75, 3.05) is 18.5 Å². The number of rotatable bonds is 6. The number of carbonyl (C=O) groups is 4. The summed E-state index contributed by atoms with van der Waals surface area (Å²) in [5, 5.41) is 4.66. The number of anilines is 1. The Balaban J connectivity index is 1.49. The lowest BCUT2D eigenvalue weighted by Crippen LogP contribution is -2.43. The first-order valence-corrected chi connectivity index (χ1v) is 10.1. The van der Waals surface area contributed by atoms with Crippen molar-refractivity contribution >= 4 is 64.2 Å². The number of hydrazine groups is 1. The van der Waals surface area contributed by atoms with Crippen LogP contribution in [0.3, 0.4) is 0 Å². The molecule has 8 nitrogen and oxygen atoms in total. The third-order valence-electron chi connectivity index (χ3n) is 4.35. The standard InChI is InChI=1S/C20H16Cl3N3O5/c21-13-3-1-11(2-4-13)19(29)25-26-9-12(7-18(26)28)20(30)31-10-17(27)24-16-8-14(22)5-6-15(16)23/h1-6,8,12H,7,9-10H2,(H,24,27)(H,25,29)/t12-/m0/s1. The van der Waals surface area contributed by atoms with Gasteiger partial charge >= 0.3 is 5.97 Å². The van der Waals surface area contributed by atoms with E-state index < -0.39 is 36.2 Å². The molecule has 1 fully saturated rings. The van der Waals surface area contributed by atoms with Crippen LogP contribution in [0.1, 0.15) is 16.8 Å². The number of carbonyl (C=O) groups excluding carboxylic acids is 4. The molecule has 0 radical (unpaired) electrons. The number of amides is 3. The van der Waals surface area contributed by atoms with Gasteiger partial charge in [-0.05, 0) is 42.5 Å². The molecular weight excluding hydrogens is 469 g/mol. The van der Waals surface area contributed by atoms with Gasteiger partial charge < -0.3 is 10.1 Å². The number of halogens is 3. The van der Waals surface area contributed by atoms with Crippen molar-refractivity contribution in [2.45, 2.75) is 6.42 Å². The number of hydrogen-bond acceptors (Lipinski definition) is 5. The van der Waals surface area contributed by atoms with Crippen molar-refractivity contribution in [1.29, 1.82) is 0 Å². The number of nitrogens with one attached hydrogen (secondary N) is 2. The number of benzene rings is 2. The van der Waals surface area contributed by atoms with Gasteiger partial charge in [-0.2, -0.15) is 0 Å². The summed E-state index contributed by atoms with van der Waals surface area (Å²) < 4.78 is 5.00. The van der Waals surface area contributed by atoms with Gasteiger partial charge in [0.1, 0.15) is 0 Å². The smallest absolute Gasteiger partial charge is 0.311 e. The van der Waals surface area contributed by atoms with Crippen LogP contribution in [0.2, 0.25) is 15.1 Å². The molecule has 2 aromatic rings. The molecule has 0 aromatic heterocycles. The van der Waals surface area contributed by atoms with Crippen molar-refractivity contribution in [2.24, 2.45) is 5.92 Å². The first-order chi connectivity index (χ1) is 14.7. The predicted octanol–water partition coefficient (Wildman–Crippen LogP) is 3.32. The summed E-state index contributed by atoms with van der Waals surface area (Å²) in [6.07, 6.45) is -0.151. The third kappa shape index (κ3) is 6.10. The molecule has 2 N–H and O–H groups in total. The van der Waals surface area contributed by atoms with E-state index in [2.05, 4.69) is 10.7 Å². The lowest BCUT2D eigenvalue weighted by molar-refractivity contribution is -0.151. The summed E-state index contributed by atoms with van der Waals surface area (Å²) in [5.41, 5.74) is 3.03. The Morgan fingerprint density at radius 1 is 1.03 bits per heavy atom. The van der Waals surface area contributed by atoms with Crippen LogP contribution in [0.15, 0.2) is 42.5 Å². The van der Waals surface area contributed by atoms with E-state index in [1.807, 2.05) is 0 Å². The highest BCUT2D eigenvalue weighted by molar-refractivity contribution is 6.35. The molecule has 1 atom stereocenters. The zero-order valence-corrected chi connectivity index (χ0v) is 18.1. The molecule has 0 spiro atoms. The third-order valence-corrected chi connectivity index (χ3v) is 5.17. The molecule has 1 aliphatic rings. The Bertz CT molecular complexity index is 1030. The molecule has 1 saturated heterocycles. The van der Waals surface area contributed by atoms with E-state index in [0.29, 0.717) is 15.6 Å². The molecule has 0 saturated carbocycles. The molecule has 1 heterocycles. The quantitative estimate of drug-likeness (QED) is 0.612. The second-order valence-corrected chi connectivity index (χ2v) is 7.91. The molecule has 11 heteroatoms. The fraction of sp³-hybridized carbons (Fsp3) is 0.200. The lowest BCUT2D eigenvalue weighted by Gasteiger charge is -2.17. The highest BCUT2D eigenvalue weighted by Gasteiger charge is 2.36. The van der Waals surface area contributed by atoms with Gasteiger partial charge in [0.25, 0.3) is 11.8 Å². The van der Waals surface area contributed by atoms with Crippen molar-refractivity contribution in [3.63, 3.8) is 0 Å². The summed E-state index contributed by atoms with van der Waals surface area (Å²) in [7, 11) is 0. The second-order valence-electron chi connectivity index (χ2n) is 6.63. The average Bonchev–Trinajstić information content (AvgIpc) is 3.09. The largest absolute Gasteiger partial charge is 0.455 e. The van der Waals surface area contributed by atoms with Crippen molar-refractivity contribution in [3.05, 3.63) is 63.1 Å². The minimum Gasteiger partial charge on any atom is -0.455 e. The molecule has 0 aliphatic carbocycles. The zero-order valence-electron chi connectivity index (χ0n) is 15.9. The van der Waals surface area contributed by atoms with Crippen molar-refractivity contribution in [3.8, 4) is 0 Å². The summed E-state index contributed by atoms with van der Waals surface area (Å²) in [5.74, 6) is -3.13. The minimum absolute atomic E-state index is 0.0707. The van der Waals surface area contributed by atoms with Crippen LogP contribution in [0.4, 0.5) is 5.69 Å². The molecule has 3 amide bonds. The van der Waals surface area contributed by atoms with Gasteiger partial charge in [-0.1, -0.05) is 34.8 Å². The van der Waals surface area contributed by atoms with Gasteiger partial charge in [0.2, 0.25) is 5.91 Å². The molecular formula is C20H16Cl3N3O5. The topological polar surface area (TPSA) is 105 Å². The van der Waals surface area contributed by atoms with E-state index in [1.165, 1.54) is 24.3 Å². The molecule has 31 heavy (non-hydrogen) atoms. The lowest BCUT2D eigenvalue weighted by atomic mass is 10.1. The maximum atomic E-state index is 12.3. The number of ether oxygens (including phenoxy) is 1. The van der Waals surface area contributed by atoms with E-state index in [4.69, 9.17) is 39.5 Å². The van der Waals surface area contributed by atoms with E-state index in [1.54, 1.807) is 18.2 Å². The van der Waals surface area contributed by atoms with Crippen LogP contribution >= 0.6 is 34.8 Å². The summed E-state index contributed by atoms with van der Waals surface area (Å²) in [4.78, 5) is 48.6. The zero-order chi connectivity index (χ0) is 22.5. The van der Waals surface area contributed by atoms with Crippen molar-refractivity contribution in [1.82, 2.24) is 10.4 Å². The maximum absolute atomic E-state index is 12.3. The van der Waals surface area contributed by atoms with Gasteiger partial charge in [-0.25, -0.2) is 0 Å². The Hall–Kier alpha value is -2.81. The van der Waals surface area contributed by atoms with Crippen LogP contribution in [-0.2, 0) is 19.1 Å². The molecule has 1 aliphatic heterocycles. The minimum atomic E-state index is -0.819. The number of hydrogen-bond donors (Lipinski definition) is 2.